The van der Waals surface area contributed by atoms with Crippen molar-refractivity contribution in [2.75, 3.05) is 6.61 Å². The minimum atomic E-state index is -1.48. The molecule has 0 radical (unpaired) electrons. The lowest BCUT2D eigenvalue weighted by Crippen LogP contribution is -2.53. The standard InChI is InChI=1S/C23H26O5/c1-13-10-19-17(16-5-4-15(25)11-18(13)16)6-8-22(3)20(19)7-9-23(22,27)21(26)12-28-14(2)24/h4-5,10-11,20,25,27H,6-9,12H2,1-3H3/t20-,22-,23-/m0/s1. The van der Waals surface area contributed by atoms with E-state index in [4.69, 9.17) is 4.74 Å². The molecule has 0 aromatic heterocycles. The molecule has 2 aromatic rings. The van der Waals surface area contributed by atoms with Crippen LogP contribution in [0.25, 0.3) is 10.8 Å². The van der Waals surface area contributed by atoms with Gasteiger partial charge in [-0.05, 0) is 78.1 Å². The molecular formula is C23H26O5. The Hall–Kier alpha value is -2.40. The molecule has 3 atom stereocenters. The van der Waals surface area contributed by atoms with Gasteiger partial charge in [0.1, 0.15) is 11.4 Å². The van der Waals surface area contributed by atoms with Crippen molar-refractivity contribution in [3.05, 3.63) is 41.0 Å². The second-order valence-electron chi connectivity index (χ2n) is 8.56. The van der Waals surface area contributed by atoms with Crippen LogP contribution in [0.4, 0.5) is 0 Å². The van der Waals surface area contributed by atoms with Crippen LogP contribution in [0.15, 0.2) is 24.3 Å². The average molecular weight is 382 g/mol. The van der Waals surface area contributed by atoms with Crippen LogP contribution in [0.2, 0.25) is 0 Å². The number of Topliss-reactive ketones (excluding diaryl/α,β-unsaturated/α-hetero) is 1. The van der Waals surface area contributed by atoms with Crippen LogP contribution < -0.4 is 0 Å². The number of ketones is 1. The van der Waals surface area contributed by atoms with Gasteiger partial charge in [-0.2, -0.15) is 0 Å². The molecule has 2 aliphatic carbocycles. The van der Waals surface area contributed by atoms with Gasteiger partial charge in [-0.25, -0.2) is 0 Å². The highest BCUT2D eigenvalue weighted by atomic mass is 16.5. The number of phenolic OH excluding ortho intramolecular Hbond substituents is 1. The number of carbonyl (C=O) groups is 2. The zero-order valence-electron chi connectivity index (χ0n) is 16.5. The number of ether oxygens (including phenoxy) is 1. The maximum atomic E-state index is 12.8. The average Bonchev–Trinajstić information content (AvgIpc) is 2.92. The quantitative estimate of drug-likeness (QED) is 0.793. The lowest BCUT2D eigenvalue weighted by atomic mass is 9.60. The molecule has 0 aliphatic heterocycles. The maximum absolute atomic E-state index is 12.8. The number of hydrogen-bond donors (Lipinski definition) is 2. The highest BCUT2D eigenvalue weighted by molar-refractivity contribution is 5.93. The third-order valence-corrected chi connectivity index (χ3v) is 7.12. The van der Waals surface area contributed by atoms with Gasteiger partial charge >= 0.3 is 5.97 Å². The summed E-state index contributed by atoms with van der Waals surface area (Å²) in [6.07, 6.45) is 2.54. The smallest absolute Gasteiger partial charge is 0.303 e. The molecule has 0 heterocycles. The Morgan fingerprint density at radius 2 is 1.96 bits per heavy atom. The summed E-state index contributed by atoms with van der Waals surface area (Å²) >= 11 is 0. The number of aryl methyl sites for hydroxylation is 2. The molecule has 148 valence electrons. The zero-order valence-corrected chi connectivity index (χ0v) is 16.5. The first-order valence-electron chi connectivity index (χ1n) is 9.81. The van der Waals surface area contributed by atoms with Crippen LogP contribution in [-0.2, 0) is 20.7 Å². The lowest BCUT2D eigenvalue weighted by Gasteiger charge is -2.46. The molecule has 5 heteroatoms. The SMILES string of the molecule is CC(=O)OCC(=O)[C@@]1(O)CC[C@H]2c3cc(C)c4cc(O)ccc4c3CC[C@@]21C. The second kappa shape index (κ2) is 6.31. The van der Waals surface area contributed by atoms with E-state index in [1.165, 1.54) is 18.1 Å². The van der Waals surface area contributed by atoms with Crippen molar-refractivity contribution in [3.63, 3.8) is 0 Å². The Morgan fingerprint density at radius 1 is 1.21 bits per heavy atom. The largest absolute Gasteiger partial charge is 0.508 e. The normalized spacial score (nSPS) is 28.6. The van der Waals surface area contributed by atoms with Gasteiger partial charge in [0.2, 0.25) is 5.78 Å². The number of hydrogen-bond acceptors (Lipinski definition) is 5. The van der Waals surface area contributed by atoms with Gasteiger partial charge < -0.3 is 14.9 Å². The van der Waals surface area contributed by atoms with Crippen LogP contribution in [0.5, 0.6) is 5.75 Å². The summed E-state index contributed by atoms with van der Waals surface area (Å²) in [4.78, 5) is 23.9. The summed E-state index contributed by atoms with van der Waals surface area (Å²) in [5.41, 5.74) is 1.45. The fourth-order valence-electron chi connectivity index (χ4n) is 5.52. The molecule has 2 aliphatic rings. The van der Waals surface area contributed by atoms with Crippen molar-refractivity contribution in [3.8, 4) is 5.75 Å². The summed E-state index contributed by atoms with van der Waals surface area (Å²) in [7, 11) is 0. The minimum Gasteiger partial charge on any atom is -0.508 e. The van der Waals surface area contributed by atoms with E-state index in [0.717, 1.165) is 29.2 Å². The molecule has 1 fully saturated rings. The number of aliphatic hydroxyl groups is 1. The molecular weight excluding hydrogens is 356 g/mol. The van der Waals surface area contributed by atoms with Crippen LogP contribution in [-0.4, -0.2) is 34.2 Å². The predicted molar refractivity (Wildman–Crippen MR) is 105 cm³/mol. The van der Waals surface area contributed by atoms with Gasteiger partial charge in [0.25, 0.3) is 0 Å². The highest BCUT2D eigenvalue weighted by Crippen LogP contribution is 2.61. The van der Waals surface area contributed by atoms with E-state index >= 15 is 0 Å². The Morgan fingerprint density at radius 3 is 2.68 bits per heavy atom. The van der Waals surface area contributed by atoms with E-state index in [9.17, 15) is 19.8 Å². The summed E-state index contributed by atoms with van der Waals surface area (Å²) in [6, 6.07) is 7.63. The van der Waals surface area contributed by atoms with Gasteiger partial charge in [0.05, 0.1) is 0 Å². The Labute approximate surface area is 164 Å². The monoisotopic (exact) mass is 382 g/mol. The molecule has 28 heavy (non-hydrogen) atoms. The van der Waals surface area contributed by atoms with E-state index in [-0.39, 0.29) is 18.3 Å². The number of esters is 1. The predicted octanol–water partition coefficient (Wildman–Crippen LogP) is 3.55. The second-order valence-corrected chi connectivity index (χ2v) is 8.56. The molecule has 1 saturated carbocycles. The Balaban J connectivity index is 1.77. The molecule has 5 nitrogen and oxygen atoms in total. The van der Waals surface area contributed by atoms with Gasteiger partial charge in [0.15, 0.2) is 6.61 Å². The van der Waals surface area contributed by atoms with Crippen LogP contribution in [0.1, 0.15) is 55.7 Å². The van der Waals surface area contributed by atoms with E-state index in [1.807, 2.05) is 19.9 Å². The summed E-state index contributed by atoms with van der Waals surface area (Å²) in [5, 5.41) is 23.4. The van der Waals surface area contributed by atoms with Crippen molar-refractivity contribution in [2.45, 2.75) is 58.0 Å². The van der Waals surface area contributed by atoms with Crippen LogP contribution >= 0.6 is 0 Å². The number of benzene rings is 2. The van der Waals surface area contributed by atoms with Crippen molar-refractivity contribution in [2.24, 2.45) is 5.41 Å². The summed E-state index contributed by atoms with van der Waals surface area (Å²) in [5.74, 6) is -0.600. The fraction of sp³-hybridized carbons (Fsp3) is 0.478. The molecule has 0 unspecified atom stereocenters. The third-order valence-electron chi connectivity index (χ3n) is 7.12. The van der Waals surface area contributed by atoms with Gasteiger partial charge in [-0.1, -0.05) is 19.1 Å². The lowest BCUT2D eigenvalue weighted by molar-refractivity contribution is -0.161. The van der Waals surface area contributed by atoms with E-state index in [1.54, 1.807) is 12.1 Å². The number of phenols is 1. The third kappa shape index (κ3) is 2.56. The van der Waals surface area contributed by atoms with Crippen molar-refractivity contribution >= 4 is 22.5 Å². The van der Waals surface area contributed by atoms with Crippen molar-refractivity contribution < 1.29 is 24.5 Å². The Bertz CT molecular complexity index is 994. The van der Waals surface area contributed by atoms with E-state index in [0.29, 0.717) is 12.8 Å². The van der Waals surface area contributed by atoms with Gasteiger partial charge in [0, 0.05) is 12.3 Å². The van der Waals surface area contributed by atoms with E-state index < -0.39 is 22.8 Å². The molecule has 0 spiro atoms. The van der Waals surface area contributed by atoms with Crippen molar-refractivity contribution in [1.29, 1.82) is 0 Å². The molecule has 2 N–H and O–H groups in total. The molecule has 0 amide bonds. The summed E-state index contributed by atoms with van der Waals surface area (Å²) in [6.45, 7) is 4.91. The minimum absolute atomic E-state index is 0.0689. The fourth-order valence-corrected chi connectivity index (χ4v) is 5.52. The van der Waals surface area contributed by atoms with Crippen LogP contribution in [0, 0.1) is 12.3 Å². The number of fused-ring (bicyclic) bond motifs is 5. The number of carbonyl (C=O) groups excluding carboxylic acids is 2. The van der Waals surface area contributed by atoms with Gasteiger partial charge in [-0.15, -0.1) is 0 Å². The first-order chi connectivity index (χ1) is 13.2. The first kappa shape index (κ1) is 18.9. The van der Waals surface area contributed by atoms with Crippen LogP contribution in [0.3, 0.4) is 0 Å². The van der Waals surface area contributed by atoms with E-state index in [2.05, 4.69) is 6.07 Å². The van der Waals surface area contributed by atoms with Gasteiger partial charge in [-0.3, -0.25) is 9.59 Å². The molecule has 2 aromatic carbocycles. The molecule has 0 saturated heterocycles. The first-order valence-corrected chi connectivity index (χ1v) is 9.81. The zero-order chi connectivity index (χ0) is 20.3. The Kier molecular flexibility index (Phi) is 4.27. The maximum Gasteiger partial charge on any atom is 0.303 e. The topological polar surface area (TPSA) is 83.8 Å². The molecule has 0 bridgehead atoms. The number of rotatable bonds is 3. The molecule has 4 rings (SSSR count). The highest BCUT2D eigenvalue weighted by Gasteiger charge is 2.61. The van der Waals surface area contributed by atoms with Crippen molar-refractivity contribution in [1.82, 2.24) is 0 Å². The number of aromatic hydroxyl groups is 1. The summed E-state index contributed by atoms with van der Waals surface area (Å²) < 4.78 is 4.89.